The van der Waals surface area contributed by atoms with E-state index in [4.69, 9.17) is 4.42 Å². The quantitative estimate of drug-likeness (QED) is 0.607. The number of benzene rings is 1. The summed E-state index contributed by atoms with van der Waals surface area (Å²) in [5, 5.41) is 3.04. The Morgan fingerprint density at radius 1 is 1.12 bits per heavy atom. The Bertz CT molecular complexity index is 737. The highest BCUT2D eigenvalue weighted by Crippen LogP contribution is 2.30. The van der Waals surface area contributed by atoms with E-state index in [0.717, 1.165) is 5.39 Å². The second-order valence-corrected chi connectivity index (χ2v) is 4.86. The molecule has 0 bridgehead atoms. The van der Waals surface area contributed by atoms with E-state index in [9.17, 15) is 4.79 Å². The number of rotatable bonds is 1. The number of aryl methyl sites for hydroxylation is 1. The molecule has 0 aliphatic heterocycles. The summed E-state index contributed by atoms with van der Waals surface area (Å²) in [6, 6.07) is 11.3. The third-order valence-corrected chi connectivity index (χ3v) is 3.81. The molecule has 3 aromatic rings. The molecule has 17 heavy (non-hydrogen) atoms. The molecule has 2 aromatic heterocycles. The van der Waals surface area contributed by atoms with Crippen LogP contribution in [0.15, 0.2) is 51.0 Å². The lowest BCUT2D eigenvalue weighted by Crippen LogP contribution is -1.94. The van der Waals surface area contributed by atoms with Crippen LogP contribution < -0.4 is 5.63 Å². The fraction of sp³-hybridized carbons (Fsp3) is 0.0714. The Labute approximate surface area is 102 Å². The molecule has 84 valence electrons. The van der Waals surface area contributed by atoms with Crippen LogP contribution in [0.3, 0.4) is 0 Å². The van der Waals surface area contributed by atoms with E-state index in [1.807, 2.05) is 12.1 Å². The topological polar surface area (TPSA) is 30.2 Å². The molecule has 0 aliphatic carbocycles. The summed E-state index contributed by atoms with van der Waals surface area (Å²) in [7, 11) is 0. The van der Waals surface area contributed by atoms with Gasteiger partial charge in [0.1, 0.15) is 5.58 Å². The molecule has 0 atom stereocenters. The molecule has 0 fully saturated rings. The van der Waals surface area contributed by atoms with Crippen LogP contribution in [0.4, 0.5) is 0 Å². The van der Waals surface area contributed by atoms with Crippen molar-refractivity contribution >= 4 is 22.3 Å². The van der Waals surface area contributed by atoms with Crippen molar-refractivity contribution in [3.8, 4) is 10.4 Å². The summed E-state index contributed by atoms with van der Waals surface area (Å²) in [6.45, 7) is 2.10. The molecule has 0 N–H and O–H groups in total. The Morgan fingerprint density at radius 2 is 2.00 bits per heavy atom. The number of thiophene rings is 1. The number of hydrogen-bond donors (Lipinski definition) is 0. The highest BCUT2D eigenvalue weighted by atomic mass is 32.1. The van der Waals surface area contributed by atoms with Gasteiger partial charge in [-0.15, -0.1) is 11.3 Å². The maximum absolute atomic E-state index is 11.1. The van der Waals surface area contributed by atoms with Crippen LogP contribution in [0.2, 0.25) is 0 Å². The van der Waals surface area contributed by atoms with Crippen molar-refractivity contribution in [2.75, 3.05) is 0 Å². The Balaban J connectivity index is 2.24. The van der Waals surface area contributed by atoms with Gasteiger partial charge in [-0.2, -0.15) is 0 Å². The van der Waals surface area contributed by atoms with Crippen LogP contribution in [0.1, 0.15) is 5.56 Å². The predicted octanol–water partition coefficient (Wildman–Crippen LogP) is 3.83. The Hall–Kier alpha value is -1.87. The third-order valence-electron chi connectivity index (χ3n) is 2.74. The van der Waals surface area contributed by atoms with Gasteiger partial charge in [-0.05, 0) is 53.8 Å². The molecule has 0 spiro atoms. The largest absolute Gasteiger partial charge is 0.423 e. The highest BCUT2D eigenvalue weighted by molar-refractivity contribution is 7.13. The Kier molecular flexibility index (Phi) is 2.34. The first-order chi connectivity index (χ1) is 8.24. The smallest absolute Gasteiger partial charge is 0.336 e. The summed E-state index contributed by atoms with van der Waals surface area (Å²) < 4.78 is 5.11. The summed E-state index contributed by atoms with van der Waals surface area (Å²) in [6.07, 6.45) is 0. The maximum atomic E-state index is 11.1. The molecule has 2 nitrogen and oxygen atoms in total. The molecule has 0 aliphatic rings. The van der Waals surface area contributed by atoms with Gasteiger partial charge in [-0.3, -0.25) is 0 Å². The van der Waals surface area contributed by atoms with Crippen LogP contribution in [-0.4, -0.2) is 0 Å². The van der Waals surface area contributed by atoms with Crippen LogP contribution in [0, 0.1) is 6.92 Å². The van der Waals surface area contributed by atoms with E-state index in [-0.39, 0.29) is 5.63 Å². The monoisotopic (exact) mass is 242 g/mol. The molecule has 0 unspecified atom stereocenters. The van der Waals surface area contributed by atoms with Gasteiger partial charge in [0.15, 0.2) is 0 Å². The van der Waals surface area contributed by atoms with Crippen molar-refractivity contribution in [2.24, 2.45) is 0 Å². The van der Waals surface area contributed by atoms with Crippen LogP contribution in [0.25, 0.3) is 21.4 Å². The van der Waals surface area contributed by atoms with Crippen LogP contribution >= 0.6 is 11.3 Å². The van der Waals surface area contributed by atoms with E-state index >= 15 is 0 Å². The van der Waals surface area contributed by atoms with Gasteiger partial charge < -0.3 is 4.42 Å². The fourth-order valence-corrected chi connectivity index (χ4v) is 2.81. The highest BCUT2D eigenvalue weighted by Gasteiger charge is 2.05. The molecule has 3 rings (SSSR count). The molecule has 0 saturated carbocycles. The second-order valence-electron chi connectivity index (χ2n) is 3.94. The zero-order chi connectivity index (χ0) is 11.8. The molecule has 1 aromatic carbocycles. The van der Waals surface area contributed by atoms with E-state index in [1.165, 1.54) is 22.1 Å². The van der Waals surface area contributed by atoms with Crippen molar-refractivity contribution in [1.29, 1.82) is 0 Å². The van der Waals surface area contributed by atoms with Crippen LogP contribution in [-0.2, 0) is 0 Å². The van der Waals surface area contributed by atoms with Gasteiger partial charge in [0.05, 0.1) is 0 Å². The molecule has 3 heteroatoms. The summed E-state index contributed by atoms with van der Waals surface area (Å²) in [5.74, 6) is 0. The number of fused-ring (bicyclic) bond motifs is 1. The van der Waals surface area contributed by atoms with Crippen molar-refractivity contribution in [1.82, 2.24) is 0 Å². The summed E-state index contributed by atoms with van der Waals surface area (Å²) in [4.78, 5) is 12.3. The minimum absolute atomic E-state index is 0.308. The van der Waals surface area contributed by atoms with Crippen molar-refractivity contribution in [2.45, 2.75) is 6.92 Å². The Morgan fingerprint density at radius 3 is 2.76 bits per heavy atom. The van der Waals surface area contributed by atoms with Gasteiger partial charge in [0, 0.05) is 16.3 Å². The second kappa shape index (κ2) is 3.86. The average Bonchev–Trinajstić information content (AvgIpc) is 2.75. The standard InChI is InChI=1S/C14H10O2S/c1-9-6-7-17-14(9)11-2-4-12-10(8-11)3-5-13(15)16-12/h2-8H,1H3. The van der Waals surface area contributed by atoms with E-state index in [1.54, 1.807) is 17.4 Å². The molecular formula is C14H10O2S. The van der Waals surface area contributed by atoms with Crippen molar-refractivity contribution < 1.29 is 4.42 Å². The molecule has 2 heterocycles. The van der Waals surface area contributed by atoms with Gasteiger partial charge >= 0.3 is 5.63 Å². The molecule has 0 amide bonds. The third kappa shape index (κ3) is 1.78. The first kappa shape index (κ1) is 10.3. The lowest BCUT2D eigenvalue weighted by molar-refractivity contribution is 0.561. The van der Waals surface area contributed by atoms with Gasteiger partial charge in [0.2, 0.25) is 0 Å². The van der Waals surface area contributed by atoms with E-state index in [2.05, 4.69) is 24.4 Å². The fourth-order valence-electron chi connectivity index (χ4n) is 1.88. The van der Waals surface area contributed by atoms with E-state index in [0.29, 0.717) is 5.58 Å². The SMILES string of the molecule is Cc1ccsc1-c1ccc2oc(=O)ccc2c1. The average molecular weight is 242 g/mol. The first-order valence-electron chi connectivity index (χ1n) is 5.32. The van der Waals surface area contributed by atoms with Crippen molar-refractivity contribution in [3.63, 3.8) is 0 Å². The van der Waals surface area contributed by atoms with Gasteiger partial charge in [-0.1, -0.05) is 0 Å². The van der Waals surface area contributed by atoms with Crippen molar-refractivity contribution in [3.05, 3.63) is 57.8 Å². The predicted molar refractivity (Wildman–Crippen MR) is 70.5 cm³/mol. The minimum atomic E-state index is -0.308. The lowest BCUT2D eigenvalue weighted by Gasteiger charge is -2.01. The van der Waals surface area contributed by atoms with E-state index < -0.39 is 0 Å². The zero-order valence-electron chi connectivity index (χ0n) is 9.27. The zero-order valence-corrected chi connectivity index (χ0v) is 10.1. The maximum Gasteiger partial charge on any atom is 0.336 e. The number of hydrogen-bond acceptors (Lipinski definition) is 3. The van der Waals surface area contributed by atoms with Gasteiger partial charge in [0.25, 0.3) is 0 Å². The molecule has 0 radical (unpaired) electrons. The molecular weight excluding hydrogens is 232 g/mol. The lowest BCUT2D eigenvalue weighted by atomic mass is 10.1. The van der Waals surface area contributed by atoms with Crippen LogP contribution in [0.5, 0.6) is 0 Å². The first-order valence-corrected chi connectivity index (χ1v) is 6.20. The van der Waals surface area contributed by atoms with Gasteiger partial charge in [-0.25, -0.2) is 4.79 Å². The normalized spacial score (nSPS) is 10.9. The summed E-state index contributed by atoms with van der Waals surface area (Å²) >= 11 is 1.72. The molecule has 0 saturated heterocycles. The summed E-state index contributed by atoms with van der Waals surface area (Å²) in [5.41, 5.74) is 2.76. The minimum Gasteiger partial charge on any atom is -0.423 e.